The summed E-state index contributed by atoms with van der Waals surface area (Å²) < 4.78 is 11.0. The fourth-order valence-corrected chi connectivity index (χ4v) is 3.32. The van der Waals surface area contributed by atoms with Crippen LogP contribution in [0.4, 0.5) is 0 Å². The van der Waals surface area contributed by atoms with Gasteiger partial charge in [-0.2, -0.15) is 0 Å². The van der Waals surface area contributed by atoms with Crippen molar-refractivity contribution in [2.24, 2.45) is 0 Å². The van der Waals surface area contributed by atoms with Gasteiger partial charge in [-0.25, -0.2) is 0 Å². The first-order valence-corrected chi connectivity index (χ1v) is 10.8. The number of nitrogens with zero attached hydrogens (tertiary/aromatic N) is 1. The number of benzene rings is 2. The Morgan fingerprint density at radius 3 is 2.29 bits per heavy atom. The lowest BCUT2D eigenvalue weighted by Crippen LogP contribution is -2.51. The molecule has 0 saturated heterocycles. The third kappa shape index (κ3) is 7.31. The minimum absolute atomic E-state index is 0.0105. The number of hydrogen-bond acceptors (Lipinski definition) is 4. The lowest BCUT2D eigenvalue weighted by Gasteiger charge is -2.31. The Hall–Kier alpha value is -3.02. The van der Waals surface area contributed by atoms with E-state index >= 15 is 0 Å². The summed E-state index contributed by atoms with van der Waals surface area (Å²) in [5.74, 6) is 0.928. The van der Waals surface area contributed by atoms with Crippen LogP contribution >= 0.6 is 0 Å². The van der Waals surface area contributed by atoms with Crippen LogP contribution in [0.3, 0.4) is 0 Å². The molecule has 31 heavy (non-hydrogen) atoms. The molecular weight excluding hydrogens is 392 g/mol. The van der Waals surface area contributed by atoms with Crippen molar-refractivity contribution in [3.05, 3.63) is 59.7 Å². The zero-order valence-electron chi connectivity index (χ0n) is 19.2. The minimum atomic E-state index is -0.591. The summed E-state index contributed by atoms with van der Waals surface area (Å²) in [4.78, 5) is 27.6. The van der Waals surface area contributed by atoms with Crippen LogP contribution in [-0.2, 0) is 22.6 Å². The summed E-state index contributed by atoms with van der Waals surface area (Å²) >= 11 is 0. The molecule has 0 aliphatic heterocycles. The highest BCUT2D eigenvalue weighted by Crippen LogP contribution is 2.18. The van der Waals surface area contributed by atoms with E-state index in [1.807, 2.05) is 69.3 Å². The molecule has 1 unspecified atom stereocenters. The maximum atomic E-state index is 13.2. The van der Waals surface area contributed by atoms with E-state index in [9.17, 15) is 9.59 Å². The second-order valence-corrected chi connectivity index (χ2v) is 7.75. The molecule has 6 nitrogen and oxygen atoms in total. The monoisotopic (exact) mass is 426 g/mol. The average molecular weight is 427 g/mol. The van der Waals surface area contributed by atoms with E-state index in [2.05, 4.69) is 12.2 Å². The Morgan fingerprint density at radius 1 is 1.00 bits per heavy atom. The van der Waals surface area contributed by atoms with Crippen LogP contribution in [0.5, 0.6) is 11.5 Å². The molecule has 168 valence electrons. The van der Waals surface area contributed by atoms with E-state index in [4.69, 9.17) is 9.47 Å². The van der Waals surface area contributed by atoms with Crippen molar-refractivity contribution in [3.8, 4) is 11.5 Å². The van der Waals surface area contributed by atoms with Gasteiger partial charge in [0.1, 0.15) is 17.5 Å². The van der Waals surface area contributed by atoms with Crippen LogP contribution in [0.2, 0.25) is 0 Å². The number of aryl methyl sites for hydroxylation is 1. The molecule has 0 aliphatic carbocycles. The Balaban J connectivity index is 2.21. The summed E-state index contributed by atoms with van der Waals surface area (Å²) in [6, 6.07) is 14.6. The van der Waals surface area contributed by atoms with Crippen LogP contribution < -0.4 is 14.8 Å². The van der Waals surface area contributed by atoms with Gasteiger partial charge in [0, 0.05) is 12.6 Å². The summed E-state index contributed by atoms with van der Waals surface area (Å²) in [6.45, 7) is 7.95. The first-order chi connectivity index (χ1) is 14.9. The second-order valence-electron chi connectivity index (χ2n) is 7.75. The zero-order valence-corrected chi connectivity index (χ0v) is 19.2. The van der Waals surface area contributed by atoms with Crippen molar-refractivity contribution in [1.82, 2.24) is 10.2 Å². The maximum absolute atomic E-state index is 13.2. The normalized spacial score (nSPS) is 11.7. The van der Waals surface area contributed by atoms with E-state index in [-0.39, 0.29) is 31.0 Å². The SMILES string of the molecule is CCc1ccc(OCC(=O)N(Cc2cccc(OC)c2)C(CC)C(=O)NC(C)C)cc1. The summed E-state index contributed by atoms with van der Waals surface area (Å²) in [5, 5.41) is 2.93. The van der Waals surface area contributed by atoms with Gasteiger partial charge in [0.25, 0.3) is 5.91 Å². The van der Waals surface area contributed by atoms with E-state index < -0.39 is 6.04 Å². The number of carbonyl (C=O) groups excluding carboxylic acids is 2. The van der Waals surface area contributed by atoms with Crippen molar-refractivity contribution < 1.29 is 19.1 Å². The lowest BCUT2D eigenvalue weighted by atomic mass is 10.1. The average Bonchev–Trinajstić information content (AvgIpc) is 2.77. The molecular formula is C25H34N2O4. The number of hydrogen-bond donors (Lipinski definition) is 1. The number of rotatable bonds is 11. The van der Waals surface area contributed by atoms with E-state index in [1.165, 1.54) is 5.56 Å². The summed E-state index contributed by atoms with van der Waals surface area (Å²) in [6.07, 6.45) is 1.44. The van der Waals surface area contributed by atoms with Crippen LogP contribution in [0, 0.1) is 0 Å². The standard InChI is InChI=1S/C25H34N2O4/c1-6-19-11-13-21(14-12-19)31-17-24(28)27(23(7-2)25(29)26-18(3)4)16-20-9-8-10-22(15-20)30-5/h8-15,18,23H,6-7,16-17H2,1-5H3,(H,26,29). The number of ether oxygens (including phenoxy) is 2. The molecule has 1 atom stereocenters. The first kappa shape index (κ1) is 24.3. The quantitative estimate of drug-likeness (QED) is 0.590. The van der Waals surface area contributed by atoms with Gasteiger partial charge in [-0.05, 0) is 62.1 Å². The van der Waals surface area contributed by atoms with Gasteiger partial charge in [-0.15, -0.1) is 0 Å². The molecule has 0 aliphatic rings. The molecule has 0 fully saturated rings. The number of carbonyl (C=O) groups is 2. The van der Waals surface area contributed by atoms with Crippen molar-refractivity contribution in [1.29, 1.82) is 0 Å². The Morgan fingerprint density at radius 2 is 1.71 bits per heavy atom. The Kier molecular flexibility index (Phi) is 9.38. The van der Waals surface area contributed by atoms with Gasteiger partial charge in [0.05, 0.1) is 7.11 Å². The minimum Gasteiger partial charge on any atom is -0.497 e. The predicted molar refractivity (Wildman–Crippen MR) is 122 cm³/mol. The van der Waals surface area contributed by atoms with Crippen LogP contribution in [0.15, 0.2) is 48.5 Å². The Labute approximate surface area is 185 Å². The highest BCUT2D eigenvalue weighted by molar-refractivity contribution is 5.88. The first-order valence-electron chi connectivity index (χ1n) is 10.8. The van der Waals surface area contributed by atoms with Crippen LogP contribution in [0.1, 0.15) is 45.2 Å². The van der Waals surface area contributed by atoms with Crippen molar-refractivity contribution in [2.75, 3.05) is 13.7 Å². The molecule has 6 heteroatoms. The van der Waals surface area contributed by atoms with Gasteiger partial charge in [0.2, 0.25) is 5.91 Å². The number of methoxy groups -OCH3 is 1. The largest absolute Gasteiger partial charge is 0.497 e. The third-order valence-corrected chi connectivity index (χ3v) is 5.00. The molecule has 2 rings (SSSR count). The van der Waals surface area contributed by atoms with Crippen molar-refractivity contribution in [3.63, 3.8) is 0 Å². The smallest absolute Gasteiger partial charge is 0.261 e. The Bertz CT molecular complexity index is 849. The van der Waals surface area contributed by atoms with E-state index in [0.717, 1.165) is 12.0 Å². The highest BCUT2D eigenvalue weighted by atomic mass is 16.5. The molecule has 0 heterocycles. The zero-order chi connectivity index (χ0) is 22.8. The molecule has 2 amide bonds. The molecule has 0 radical (unpaired) electrons. The van der Waals surface area contributed by atoms with Crippen LogP contribution in [-0.4, -0.2) is 42.5 Å². The van der Waals surface area contributed by atoms with Gasteiger partial charge in [-0.3, -0.25) is 9.59 Å². The van der Waals surface area contributed by atoms with Gasteiger partial charge >= 0.3 is 0 Å². The third-order valence-electron chi connectivity index (χ3n) is 5.00. The van der Waals surface area contributed by atoms with Gasteiger partial charge < -0.3 is 19.7 Å². The maximum Gasteiger partial charge on any atom is 0.261 e. The van der Waals surface area contributed by atoms with E-state index in [0.29, 0.717) is 17.9 Å². The summed E-state index contributed by atoms with van der Waals surface area (Å²) in [7, 11) is 1.60. The van der Waals surface area contributed by atoms with Crippen LogP contribution in [0.25, 0.3) is 0 Å². The lowest BCUT2D eigenvalue weighted by molar-refractivity contribution is -0.143. The molecule has 1 N–H and O–H groups in total. The number of amides is 2. The number of nitrogens with one attached hydrogen (secondary N) is 1. The fraction of sp³-hybridized carbons (Fsp3) is 0.440. The van der Waals surface area contributed by atoms with Crippen molar-refractivity contribution in [2.45, 2.75) is 59.2 Å². The molecule has 0 spiro atoms. The van der Waals surface area contributed by atoms with E-state index in [1.54, 1.807) is 12.0 Å². The predicted octanol–water partition coefficient (Wildman–Crippen LogP) is 3.97. The molecule has 2 aromatic rings. The molecule has 0 aromatic heterocycles. The van der Waals surface area contributed by atoms with Gasteiger partial charge in [-0.1, -0.05) is 38.1 Å². The summed E-state index contributed by atoms with van der Waals surface area (Å²) in [5.41, 5.74) is 2.09. The van der Waals surface area contributed by atoms with Crippen molar-refractivity contribution >= 4 is 11.8 Å². The highest BCUT2D eigenvalue weighted by Gasteiger charge is 2.29. The topological polar surface area (TPSA) is 67.9 Å². The molecule has 0 saturated carbocycles. The molecule has 2 aromatic carbocycles. The van der Waals surface area contributed by atoms with Gasteiger partial charge in [0.15, 0.2) is 6.61 Å². The molecule has 0 bridgehead atoms. The fourth-order valence-electron chi connectivity index (χ4n) is 3.32. The second kappa shape index (κ2) is 12.0.